The van der Waals surface area contributed by atoms with E-state index in [0.29, 0.717) is 32.2 Å². The van der Waals surface area contributed by atoms with Crippen LogP contribution < -0.4 is 4.90 Å². The lowest BCUT2D eigenvalue weighted by Crippen LogP contribution is -2.65. The lowest BCUT2D eigenvalue weighted by atomic mass is 10.0. The number of pyridine rings is 1. The van der Waals surface area contributed by atoms with Crippen LogP contribution in [0, 0.1) is 5.92 Å². The molecule has 4 fully saturated rings. The molecular formula is C22H31N5O3. The van der Waals surface area contributed by atoms with Crippen molar-refractivity contribution in [3.63, 3.8) is 0 Å². The number of carbonyl (C=O) groups is 2. The van der Waals surface area contributed by atoms with E-state index in [9.17, 15) is 9.59 Å². The Balaban J connectivity index is 1.08. The number of hydrogen-bond acceptors (Lipinski definition) is 6. The van der Waals surface area contributed by atoms with E-state index in [1.165, 1.54) is 0 Å². The van der Waals surface area contributed by atoms with E-state index in [0.717, 1.165) is 57.9 Å². The Kier molecular flexibility index (Phi) is 5.60. The van der Waals surface area contributed by atoms with Gasteiger partial charge in [0.1, 0.15) is 5.82 Å². The molecule has 0 aliphatic carbocycles. The molecule has 4 aliphatic heterocycles. The molecule has 0 N–H and O–H groups in total. The second-order valence-electron chi connectivity index (χ2n) is 8.90. The van der Waals surface area contributed by atoms with Crippen molar-refractivity contribution in [1.29, 1.82) is 0 Å². The summed E-state index contributed by atoms with van der Waals surface area (Å²) in [5.74, 6) is 1.19. The highest BCUT2D eigenvalue weighted by Crippen LogP contribution is 2.28. The second-order valence-corrected chi connectivity index (χ2v) is 8.90. The van der Waals surface area contributed by atoms with Gasteiger partial charge in [-0.3, -0.25) is 14.5 Å². The second kappa shape index (κ2) is 8.51. The Labute approximate surface area is 177 Å². The summed E-state index contributed by atoms with van der Waals surface area (Å²) in [4.78, 5) is 38.6. The van der Waals surface area contributed by atoms with Crippen LogP contribution in [0.2, 0.25) is 0 Å². The normalized spacial score (nSPS) is 26.9. The first-order chi connectivity index (χ1) is 14.7. The average molecular weight is 414 g/mol. The summed E-state index contributed by atoms with van der Waals surface area (Å²) in [6.45, 7) is 7.56. The molecular weight excluding hydrogens is 382 g/mol. The number of nitrogens with zero attached hydrogens (tertiary/aromatic N) is 5. The maximum Gasteiger partial charge on any atom is 0.228 e. The Morgan fingerprint density at radius 1 is 1.00 bits per heavy atom. The van der Waals surface area contributed by atoms with Crippen LogP contribution in [0.5, 0.6) is 0 Å². The number of piperazine rings is 1. The fourth-order valence-corrected chi connectivity index (χ4v) is 5.23. The van der Waals surface area contributed by atoms with E-state index < -0.39 is 0 Å². The molecule has 0 radical (unpaired) electrons. The molecule has 5 heterocycles. The Morgan fingerprint density at radius 3 is 2.47 bits per heavy atom. The van der Waals surface area contributed by atoms with Crippen LogP contribution in [-0.2, 0) is 14.3 Å². The van der Waals surface area contributed by atoms with E-state index in [-0.39, 0.29) is 23.8 Å². The van der Waals surface area contributed by atoms with Crippen molar-refractivity contribution >= 4 is 17.6 Å². The van der Waals surface area contributed by atoms with E-state index in [1.807, 2.05) is 28.1 Å². The van der Waals surface area contributed by atoms with Crippen molar-refractivity contribution in [3.8, 4) is 0 Å². The predicted molar refractivity (Wildman–Crippen MR) is 112 cm³/mol. The minimum Gasteiger partial charge on any atom is -0.381 e. The van der Waals surface area contributed by atoms with Crippen LogP contribution >= 0.6 is 0 Å². The maximum absolute atomic E-state index is 13.0. The molecule has 1 atom stereocenters. The van der Waals surface area contributed by atoms with Crippen LogP contribution in [0.4, 0.5) is 5.82 Å². The van der Waals surface area contributed by atoms with Crippen molar-refractivity contribution in [2.45, 2.75) is 31.3 Å². The van der Waals surface area contributed by atoms with E-state index in [2.05, 4.69) is 20.9 Å². The molecule has 1 aromatic heterocycles. The van der Waals surface area contributed by atoms with Crippen LogP contribution in [0.3, 0.4) is 0 Å². The molecule has 0 aromatic carbocycles. The van der Waals surface area contributed by atoms with Gasteiger partial charge in [-0.05, 0) is 25.0 Å². The van der Waals surface area contributed by atoms with Gasteiger partial charge < -0.3 is 19.4 Å². The van der Waals surface area contributed by atoms with Gasteiger partial charge in [-0.15, -0.1) is 0 Å². The van der Waals surface area contributed by atoms with Crippen LogP contribution in [0.15, 0.2) is 24.4 Å². The first-order valence-corrected chi connectivity index (χ1v) is 11.2. The van der Waals surface area contributed by atoms with Crippen LogP contribution in [0.25, 0.3) is 0 Å². The van der Waals surface area contributed by atoms with Gasteiger partial charge in [0.25, 0.3) is 0 Å². The molecule has 0 spiro atoms. The van der Waals surface area contributed by atoms with Gasteiger partial charge in [-0.2, -0.15) is 0 Å². The van der Waals surface area contributed by atoms with Gasteiger partial charge in [-0.1, -0.05) is 6.07 Å². The molecule has 0 bridgehead atoms. The average Bonchev–Trinajstić information content (AvgIpc) is 3.16. The summed E-state index contributed by atoms with van der Waals surface area (Å²) in [6, 6.07) is 6.74. The van der Waals surface area contributed by atoms with Gasteiger partial charge >= 0.3 is 0 Å². The topological polar surface area (TPSA) is 69.2 Å². The van der Waals surface area contributed by atoms with Crippen molar-refractivity contribution in [2.75, 3.05) is 63.9 Å². The minimum atomic E-state index is -0.165. The van der Waals surface area contributed by atoms with Gasteiger partial charge in [0, 0.05) is 83.7 Å². The van der Waals surface area contributed by atoms with Gasteiger partial charge in [-0.25, -0.2) is 4.98 Å². The number of carbonyl (C=O) groups excluding carboxylic acids is 2. The highest BCUT2D eigenvalue weighted by Gasteiger charge is 2.43. The number of amides is 2. The maximum atomic E-state index is 13.0. The van der Waals surface area contributed by atoms with Gasteiger partial charge in [0.05, 0.1) is 5.92 Å². The number of anilines is 1. The SMILES string of the molecule is O=C(C1CC(=O)N(C2CCOCC2)C1)N1CC(N2CCN(c3ccccn3)CC2)C1. The monoisotopic (exact) mass is 413 g/mol. The van der Waals surface area contributed by atoms with Crippen molar-refractivity contribution in [2.24, 2.45) is 5.92 Å². The molecule has 1 aromatic rings. The zero-order valence-electron chi connectivity index (χ0n) is 17.5. The highest BCUT2D eigenvalue weighted by atomic mass is 16.5. The summed E-state index contributed by atoms with van der Waals surface area (Å²) >= 11 is 0. The highest BCUT2D eigenvalue weighted by molar-refractivity contribution is 5.89. The third-order valence-corrected chi connectivity index (χ3v) is 7.12. The minimum absolute atomic E-state index is 0.142. The zero-order chi connectivity index (χ0) is 20.5. The molecule has 4 aliphatic rings. The quantitative estimate of drug-likeness (QED) is 0.714. The summed E-state index contributed by atoms with van der Waals surface area (Å²) in [5, 5.41) is 0. The molecule has 1 unspecified atom stereocenters. The third kappa shape index (κ3) is 3.90. The third-order valence-electron chi connectivity index (χ3n) is 7.12. The van der Waals surface area contributed by atoms with Gasteiger partial charge in [0.15, 0.2) is 0 Å². The molecule has 0 saturated carbocycles. The number of aromatic nitrogens is 1. The fourth-order valence-electron chi connectivity index (χ4n) is 5.23. The summed E-state index contributed by atoms with van der Waals surface area (Å²) in [5.41, 5.74) is 0. The summed E-state index contributed by atoms with van der Waals surface area (Å²) < 4.78 is 5.41. The Bertz CT molecular complexity index is 755. The van der Waals surface area contributed by atoms with E-state index >= 15 is 0 Å². The molecule has 2 amide bonds. The molecule has 30 heavy (non-hydrogen) atoms. The molecule has 4 saturated heterocycles. The van der Waals surface area contributed by atoms with Crippen molar-refractivity contribution in [1.82, 2.24) is 19.7 Å². The number of likely N-dealkylation sites (tertiary alicyclic amines) is 2. The first-order valence-electron chi connectivity index (χ1n) is 11.2. The van der Waals surface area contributed by atoms with Crippen molar-refractivity contribution < 1.29 is 14.3 Å². The van der Waals surface area contributed by atoms with Crippen molar-refractivity contribution in [3.05, 3.63) is 24.4 Å². The lowest BCUT2D eigenvalue weighted by Gasteiger charge is -2.48. The van der Waals surface area contributed by atoms with E-state index in [4.69, 9.17) is 4.74 Å². The molecule has 8 nitrogen and oxygen atoms in total. The van der Waals surface area contributed by atoms with Gasteiger partial charge in [0.2, 0.25) is 11.8 Å². The lowest BCUT2D eigenvalue weighted by molar-refractivity contribution is -0.143. The summed E-state index contributed by atoms with van der Waals surface area (Å²) in [6.07, 6.45) is 4.00. The van der Waals surface area contributed by atoms with E-state index in [1.54, 1.807) is 0 Å². The molecule has 162 valence electrons. The largest absolute Gasteiger partial charge is 0.381 e. The number of rotatable bonds is 4. The molecule has 5 rings (SSSR count). The van der Waals surface area contributed by atoms with Crippen LogP contribution in [0.1, 0.15) is 19.3 Å². The number of hydrogen-bond donors (Lipinski definition) is 0. The predicted octanol–water partition coefficient (Wildman–Crippen LogP) is 0.442. The number of ether oxygens (including phenoxy) is 1. The summed E-state index contributed by atoms with van der Waals surface area (Å²) in [7, 11) is 0. The first kappa shape index (κ1) is 19.8. The fraction of sp³-hybridized carbons (Fsp3) is 0.682. The Hall–Kier alpha value is -2.19. The standard InChI is InChI=1S/C22H31N5O3/c28-21-13-17(14-27(21)18-4-11-30-12-5-18)22(29)26-15-19(16-26)24-7-9-25(10-8-24)20-3-1-2-6-23-20/h1-3,6,17-19H,4-5,7-16H2. The Morgan fingerprint density at radius 2 is 1.77 bits per heavy atom. The molecule has 8 heteroatoms. The smallest absolute Gasteiger partial charge is 0.228 e. The van der Waals surface area contributed by atoms with Crippen LogP contribution in [-0.4, -0.2) is 103 Å². The zero-order valence-corrected chi connectivity index (χ0v) is 17.5.